The lowest BCUT2D eigenvalue weighted by Crippen LogP contribution is -2.51. The Hall–Kier alpha value is -2.20. The lowest BCUT2D eigenvalue weighted by molar-refractivity contribution is 0.179. The van der Waals surface area contributed by atoms with Crippen LogP contribution in [-0.4, -0.2) is 42.8 Å². The van der Waals surface area contributed by atoms with Gasteiger partial charge in [-0.05, 0) is 25.1 Å². The number of ether oxygens (including phenoxy) is 1. The molecular weight excluding hydrogens is 288 g/mol. The van der Waals surface area contributed by atoms with Crippen molar-refractivity contribution < 1.29 is 9.84 Å². The molecule has 0 aliphatic carbocycles. The van der Waals surface area contributed by atoms with E-state index in [4.69, 9.17) is 4.74 Å². The fraction of sp³-hybridized carbons (Fsp3) is 0.368. The van der Waals surface area contributed by atoms with Crippen LogP contribution in [0.15, 0.2) is 48.5 Å². The molecule has 0 radical (unpaired) electrons. The van der Waals surface area contributed by atoms with Crippen molar-refractivity contribution in [3.05, 3.63) is 54.1 Å². The summed E-state index contributed by atoms with van der Waals surface area (Å²) in [6.45, 7) is 5.96. The number of aromatic hydroxyl groups is 1. The van der Waals surface area contributed by atoms with Gasteiger partial charge in [0.2, 0.25) is 0 Å². The fourth-order valence-electron chi connectivity index (χ4n) is 3.18. The van der Waals surface area contributed by atoms with Crippen molar-refractivity contribution in [3.8, 4) is 11.5 Å². The second-order valence-corrected chi connectivity index (χ2v) is 6.07. The molecule has 0 saturated carbocycles. The summed E-state index contributed by atoms with van der Waals surface area (Å²) in [5.41, 5.74) is 2.20. The zero-order valence-electron chi connectivity index (χ0n) is 13.8. The Bertz CT molecular complexity index is 645. The Balaban J connectivity index is 1.67. The highest BCUT2D eigenvalue weighted by Gasteiger charge is 2.24. The third-order valence-electron chi connectivity index (χ3n) is 4.56. The van der Waals surface area contributed by atoms with Gasteiger partial charge in [-0.15, -0.1) is 0 Å². The molecule has 0 spiro atoms. The van der Waals surface area contributed by atoms with Gasteiger partial charge in [0.25, 0.3) is 0 Å². The predicted octanol–water partition coefficient (Wildman–Crippen LogP) is 3.11. The highest BCUT2D eigenvalue weighted by molar-refractivity contribution is 5.47. The Kier molecular flexibility index (Phi) is 4.72. The molecule has 0 bridgehead atoms. The summed E-state index contributed by atoms with van der Waals surface area (Å²) >= 11 is 0. The van der Waals surface area contributed by atoms with Crippen molar-refractivity contribution in [2.75, 3.05) is 31.6 Å². The minimum Gasteiger partial charge on any atom is -0.504 e. The Morgan fingerprint density at radius 2 is 1.87 bits per heavy atom. The number of benzene rings is 2. The summed E-state index contributed by atoms with van der Waals surface area (Å²) in [4.78, 5) is 4.83. The molecule has 0 unspecified atom stereocenters. The molecule has 2 aromatic rings. The van der Waals surface area contributed by atoms with Crippen molar-refractivity contribution in [1.29, 1.82) is 0 Å². The van der Waals surface area contributed by atoms with Crippen LogP contribution in [0.5, 0.6) is 11.5 Å². The highest BCUT2D eigenvalue weighted by atomic mass is 16.5. The third kappa shape index (κ3) is 3.42. The van der Waals surface area contributed by atoms with E-state index in [-0.39, 0.29) is 5.75 Å². The van der Waals surface area contributed by atoms with Crippen LogP contribution in [0.1, 0.15) is 12.5 Å². The average molecular weight is 312 g/mol. The number of hydrogen-bond donors (Lipinski definition) is 1. The largest absolute Gasteiger partial charge is 0.504 e. The molecule has 0 amide bonds. The topological polar surface area (TPSA) is 35.9 Å². The predicted molar refractivity (Wildman–Crippen MR) is 93.2 cm³/mol. The van der Waals surface area contributed by atoms with Crippen molar-refractivity contribution in [1.82, 2.24) is 4.90 Å². The molecule has 3 rings (SSSR count). The molecule has 2 aromatic carbocycles. The van der Waals surface area contributed by atoms with Crippen molar-refractivity contribution >= 4 is 5.69 Å². The van der Waals surface area contributed by atoms with Crippen LogP contribution in [0.3, 0.4) is 0 Å². The molecule has 4 nitrogen and oxygen atoms in total. The number of phenols is 1. The highest BCUT2D eigenvalue weighted by Crippen LogP contribution is 2.31. The van der Waals surface area contributed by atoms with Crippen LogP contribution >= 0.6 is 0 Å². The Morgan fingerprint density at radius 3 is 2.57 bits per heavy atom. The molecule has 1 N–H and O–H groups in total. The second kappa shape index (κ2) is 6.92. The minimum atomic E-state index is 0.257. The van der Waals surface area contributed by atoms with E-state index >= 15 is 0 Å². The van der Waals surface area contributed by atoms with E-state index in [0.717, 1.165) is 31.7 Å². The van der Waals surface area contributed by atoms with E-state index in [1.807, 2.05) is 12.1 Å². The van der Waals surface area contributed by atoms with Crippen molar-refractivity contribution in [2.24, 2.45) is 0 Å². The molecule has 23 heavy (non-hydrogen) atoms. The Morgan fingerprint density at radius 1 is 1.09 bits per heavy atom. The summed E-state index contributed by atoms with van der Waals surface area (Å²) in [7, 11) is 1.58. The third-order valence-corrected chi connectivity index (χ3v) is 4.56. The lowest BCUT2D eigenvalue weighted by atomic mass is 10.1. The van der Waals surface area contributed by atoms with E-state index < -0.39 is 0 Å². The quantitative estimate of drug-likeness (QED) is 0.941. The molecule has 1 aliphatic heterocycles. The van der Waals surface area contributed by atoms with Gasteiger partial charge in [-0.25, -0.2) is 0 Å². The maximum Gasteiger partial charge on any atom is 0.162 e. The van der Waals surface area contributed by atoms with Gasteiger partial charge in [0.1, 0.15) is 0 Å². The first kappa shape index (κ1) is 15.7. The Labute approximate surface area is 137 Å². The van der Waals surface area contributed by atoms with Crippen molar-refractivity contribution in [2.45, 2.75) is 19.5 Å². The number of anilines is 1. The maximum absolute atomic E-state index is 10.3. The molecule has 1 fully saturated rings. The number of piperazine rings is 1. The summed E-state index contributed by atoms with van der Waals surface area (Å²) in [6.07, 6.45) is 0. The lowest BCUT2D eigenvalue weighted by Gasteiger charge is -2.41. The number of nitrogens with zero attached hydrogens (tertiary/aromatic N) is 2. The van der Waals surface area contributed by atoms with Crippen LogP contribution < -0.4 is 9.64 Å². The average Bonchev–Trinajstić information content (AvgIpc) is 2.59. The van der Waals surface area contributed by atoms with Gasteiger partial charge < -0.3 is 14.7 Å². The SMILES string of the molecule is COc1cccc(CN2CCN(c3ccccc3)C[C@@H]2C)c1O. The van der Waals surface area contributed by atoms with Gasteiger partial charge in [-0.1, -0.05) is 30.3 Å². The van der Waals surface area contributed by atoms with Crippen LogP contribution in [-0.2, 0) is 6.54 Å². The number of methoxy groups -OCH3 is 1. The van der Waals surface area contributed by atoms with E-state index in [9.17, 15) is 5.11 Å². The minimum absolute atomic E-state index is 0.257. The summed E-state index contributed by atoms with van der Waals surface area (Å²) in [5.74, 6) is 0.797. The summed E-state index contributed by atoms with van der Waals surface area (Å²) in [6, 6.07) is 16.7. The van der Waals surface area contributed by atoms with Gasteiger partial charge in [0.05, 0.1) is 7.11 Å². The van der Waals surface area contributed by atoms with E-state index in [1.54, 1.807) is 13.2 Å². The van der Waals surface area contributed by atoms with Crippen LogP contribution in [0.25, 0.3) is 0 Å². The summed E-state index contributed by atoms with van der Waals surface area (Å²) < 4.78 is 5.20. The first-order valence-corrected chi connectivity index (χ1v) is 8.08. The summed E-state index contributed by atoms with van der Waals surface area (Å²) in [5, 5.41) is 10.3. The molecule has 1 atom stereocenters. The van der Waals surface area contributed by atoms with Gasteiger partial charge >= 0.3 is 0 Å². The van der Waals surface area contributed by atoms with Crippen LogP contribution in [0.4, 0.5) is 5.69 Å². The fourth-order valence-corrected chi connectivity index (χ4v) is 3.18. The molecule has 4 heteroatoms. The van der Waals surface area contributed by atoms with Gasteiger partial charge in [-0.2, -0.15) is 0 Å². The zero-order chi connectivity index (χ0) is 16.2. The monoisotopic (exact) mass is 312 g/mol. The van der Waals surface area contributed by atoms with Gasteiger partial charge in [-0.3, -0.25) is 4.90 Å². The molecule has 1 aliphatic rings. The molecule has 122 valence electrons. The smallest absolute Gasteiger partial charge is 0.162 e. The van der Waals surface area contributed by atoms with Crippen LogP contribution in [0.2, 0.25) is 0 Å². The first-order valence-electron chi connectivity index (χ1n) is 8.08. The molecule has 0 aromatic heterocycles. The van der Waals surface area contributed by atoms with Gasteiger partial charge in [0, 0.05) is 43.5 Å². The zero-order valence-corrected chi connectivity index (χ0v) is 13.8. The number of hydrogen-bond acceptors (Lipinski definition) is 4. The molecule has 1 heterocycles. The number of phenolic OH excluding ortho intramolecular Hbond substituents is 1. The van der Waals surface area contributed by atoms with E-state index in [1.165, 1.54) is 5.69 Å². The van der Waals surface area contributed by atoms with E-state index in [2.05, 4.69) is 47.1 Å². The standard InChI is InChI=1S/C19H24N2O2/c1-15-13-21(17-8-4-3-5-9-17)12-11-20(15)14-16-7-6-10-18(23-2)19(16)22/h3-10,15,22H,11-14H2,1-2H3/t15-/m0/s1. The molecule has 1 saturated heterocycles. The maximum atomic E-state index is 10.3. The first-order chi connectivity index (χ1) is 11.2. The van der Waals surface area contributed by atoms with Gasteiger partial charge in [0.15, 0.2) is 11.5 Å². The van der Waals surface area contributed by atoms with E-state index in [0.29, 0.717) is 11.8 Å². The molecular formula is C19H24N2O2. The van der Waals surface area contributed by atoms with Crippen LogP contribution in [0, 0.1) is 0 Å². The van der Waals surface area contributed by atoms with Crippen molar-refractivity contribution in [3.63, 3.8) is 0 Å². The number of para-hydroxylation sites is 2. The normalized spacial score (nSPS) is 18.9. The second-order valence-electron chi connectivity index (χ2n) is 6.07. The number of rotatable bonds is 4.